The van der Waals surface area contributed by atoms with Crippen LogP contribution in [0.15, 0.2) is 4.99 Å². The van der Waals surface area contributed by atoms with Crippen molar-refractivity contribution in [1.82, 2.24) is 20.4 Å². The third kappa shape index (κ3) is 5.51. The van der Waals surface area contributed by atoms with Gasteiger partial charge in [0.1, 0.15) is 0 Å². The van der Waals surface area contributed by atoms with Crippen LogP contribution in [0.25, 0.3) is 0 Å². The Hall–Kier alpha value is -1.56. The van der Waals surface area contributed by atoms with E-state index in [1.807, 2.05) is 32.5 Å². The van der Waals surface area contributed by atoms with Gasteiger partial charge < -0.3 is 15.7 Å². The second-order valence-electron chi connectivity index (χ2n) is 6.65. The monoisotopic (exact) mass is 337 g/mol. The van der Waals surface area contributed by atoms with E-state index >= 15 is 0 Å². The average molecular weight is 338 g/mol. The van der Waals surface area contributed by atoms with Crippen molar-refractivity contribution in [3.63, 3.8) is 0 Å². The maximum absolute atomic E-state index is 10.4. The first-order valence-electron chi connectivity index (χ1n) is 9.02. The number of hydrogen-bond donors (Lipinski definition) is 3. The lowest BCUT2D eigenvalue weighted by Crippen LogP contribution is -2.44. The van der Waals surface area contributed by atoms with Crippen molar-refractivity contribution >= 4 is 5.96 Å². The Labute approximate surface area is 146 Å². The second kappa shape index (κ2) is 9.06. The van der Waals surface area contributed by atoms with Gasteiger partial charge >= 0.3 is 0 Å². The Morgan fingerprint density at radius 3 is 2.38 bits per heavy atom. The van der Waals surface area contributed by atoms with Crippen LogP contribution in [0.4, 0.5) is 0 Å². The molecule has 0 spiro atoms. The molecule has 6 nitrogen and oxygen atoms in total. The molecule has 0 aromatic carbocycles. The smallest absolute Gasteiger partial charge is 0.191 e. The molecule has 0 saturated carbocycles. The van der Waals surface area contributed by atoms with E-state index in [1.54, 1.807) is 0 Å². The maximum Gasteiger partial charge on any atom is 0.191 e. The summed E-state index contributed by atoms with van der Waals surface area (Å²) in [5.74, 6) is 0.754. The number of guanidine groups is 1. The van der Waals surface area contributed by atoms with Crippen LogP contribution in [-0.2, 0) is 13.5 Å². The van der Waals surface area contributed by atoms with E-state index in [0.717, 1.165) is 24.6 Å². The average Bonchev–Trinajstić information content (AvgIpc) is 2.79. The molecule has 6 heteroatoms. The van der Waals surface area contributed by atoms with E-state index < -0.39 is 5.60 Å². The molecule has 0 radical (unpaired) electrons. The highest BCUT2D eigenvalue weighted by Crippen LogP contribution is 2.15. The molecule has 1 aromatic rings. The fourth-order valence-electron chi connectivity index (χ4n) is 2.72. The summed E-state index contributed by atoms with van der Waals surface area (Å²) in [5, 5.41) is 21.6. The van der Waals surface area contributed by atoms with Gasteiger partial charge in [0, 0.05) is 25.3 Å². The van der Waals surface area contributed by atoms with E-state index in [4.69, 9.17) is 0 Å². The number of aliphatic hydroxyl groups is 1. The number of aryl methyl sites for hydroxylation is 2. The molecular formula is C18H35N5O. The fraction of sp³-hybridized carbons (Fsp3) is 0.778. The van der Waals surface area contributed by atoms with Gasteiger partial charge in [-0.2, -0.15) is 5.10 Å². The molecule has 0 fully saturated rings. The Kier molecular flexibility index (Phi) is 7.73. The Morgan fingerprint density at radius 1 is 1.29 bits per heavy atom. The normalized spacial score (nSPS) is 13.9. The predicted octanol–water partition coefficient (Wildman–Crippen LogP) is 2.07. The molecule has 0 bridgehead atoms. The molecule has 0 saturated heterocycles. The van der Waals surface area contributed by atoms with Crippen molar-refractivity contribution < 1.29 is 5.11 Å². The van der Waals surface area contributed by atoms with E-state index in [1.165, 1.54) is 11.3 Å². The van der Waals surface area contributed by atoms with Crippen LogP contribution in [0.1, 0.15) is 57.5 Å². The van der Waals surface area contributed by atoms with Crippen molar-refractivity contribution in [2.75, 3.05) is 13.1 Å². The van der Waals surface area contributed by atoms with Crippen LogP contribution in [0.3, 0.4) is 0 Å². The van der Waals surface area contributed by atoms with Crippen molar-refractivity contribution in [3.8, 4) is 0 Å². The van der Waals surface area contributed by atoms with Crippen LogP contribution >= 0.6 is 0 Å². The molecule has 1 aromatic heterocycles. The molecule has 1 atom stereocenters. The van der Waals surface area contributed by atoms with Crippen LogP contribution in [0.2, 0.25) is 0 Å². The molecule has 24 heavy (non-hydrogen) atoms. The molecule has 1 rings (SSSR count). The van der Waals surface area contributed by atoms with E-state index in [-0.39, 0.29) is 6.04 Å². The highest BCUT2D eigenvalue weighted by atomic mass is 16.3. The fourth-order valence-corrected chi connectivity index (χ4v) is 2.72. The summed E-state index contributed by atoms with van der Waals surface area (Å²) >= 11 is 0. The van der Waals surface area contributed by atoms with Crippen LogP contribution < -0.4 is 10.6 Å². The third-order valence-corrected chi connectivity index (χ3v) is 4.74. The lowest BCUT2D eigenvalue weighted by molar-refractivity contribution is 0.0417. The molecule has 0 aliphatic rings. The summed E-state index contributed by atoms with van der Waals surface area (Å²) < 4.78 is 1.93. The van der Waals surface area contributed by atoms with Gasteiger partial charge in [0.05, 0.1) is 17.8 Å². The first-order chi connectivity index (χ1) is 11.3. The van der Waals surface area contributed by atoms with E-state index in [9.17, 15) is 5.11 Å². The van der Waals surface area contributed by atoms with E-state index in [0.29, 0.717) is 19.4 Å². The van der Waals surface area contributed by atoms with Crippen molar-refractivity contribution in [1.29, 1.82) is 0 Å². The predicted molar refractivity (Wildman–Crippen MR) is 100 cm³/mol. The standard InChI is InChI=1S/C18H35N5O/c1-8-18(24,9-2)12-20-17(19-10-3)21-13(4)11-16-14(5)22-23(7)15(16)6/h13,24H,8-12H2,1-7H3,(H2,19,20,21). The van der Waals surface area contributed by atoms with Gasteiger partial charge in [-0.15, -0.1) is 0 Å². The molecule has 0 aliphatic heterocycles. The minimum absolute atomic E-state index is 0.223. The molecular weight excluding hydrogens is 302 g/mol. The summed E-state index contributed by atoms with van der Waals surface area (Å²) in [5.41, 5.74) is 2.85. The zero-order valence-corrected chi connectivity index (χ0v) is 16.4. The Balaban J connectivity index is 2.77. The molecule has 138 valence electrons. The molecule has 3 N–H and O–H groups in total. The first kappa shape index (κ1) is 20.5. The summed E-state index contributed by atoms with van der Waals surface area (Å²) in [6.07, 6.45) is 2.30. The van der Waals surface area contributed by atoms with Crippen LogP contribution in [0, 0.1) is 13.8 Å². The number of rotatable bonds is 8. The zero-order chi connectivity index (χ0) is 18.3. The highest BCUT2D eigenvalue weighted by Gasteiger charge is 2.22. The lowest BCUT2D eigenvalue weighted by atomic mass is 9.98. The number of hydrogen-bond acceptors (Lipinski definition) is 3. The van der Waals surface area contributed by atoms with Gasteiger partial charge in [0.2, 0.25) is 0 Å². The van der Waals surface area contributed by atoms with Gasteiger partial charge in [-0.05, 0) is 52.5 Å². The zero-order valence-electron chi connectivity index (χ0n) is 16.4. The molecule has 0 amide bonds. The number of aromatic nitrogens is 2. The SMILES string of the molecule is CCNC(=NCC(O)(CC)CC)NC(C)Cc1c(C)nn(C)c1C. The Morgan fingerprint density at radius 2 is 1.92 bits per heavy atom. The topological polar surface area (TPSA) is 74.5 Å². The Bertz CT molecular complexity index is 546. The quantitative estimate of drug-likeness (QED) is 0.501. The molecule has 1 unspecified atom stereocenters. The summed E-state index contributed by atoms with van der Waals surface area (Å²) in [6, 6.07) is 0.223. The number of nitrogens with one attached hydrogen (secondary N) is 2. The summed E-state index contributed by atoms with van der Waals surface area (Å²) in [7, 11) is 1.98. The van der Waals surface area contributed by atoms with Gasteiger partial charge in [-0.3, -0.25) is 9.67 Å². The van der Waals surface area contributed by atoms with E-state index in [2.05, 4.69) is 41.5 Å². The number of aliphatic imine (C=N–C) groups is 1. The minimum Gasteiger partial charge on any atom is -0.388 e. The van der Waals surface area contributed by atoms with Crippen molar-refractivity contribution in [3.05, 3.63) is 17.0 Å². The largest absolute Gasteiger partial charge is 0.388 e. The van der Waals surface area contributed by atoms with Gasteiger partial charge in [0.25, 0.3) is 0 Å². The highest BCUT2D eigenvalue weighted by molar-refractivity contribution is 5.80. The van der Waals surface area contributed by atoms with Crippen molar-refractivity contribution in [2.45, 2.75) is 72.4 Å². The maximum atomic E-state index is 10.4. The molecule has 1 heterocycles. The van der Waals surface area contributed by atoms with Gasteiger partial charge in [-0.1, -0.05) is 13.8 Å². The second-order valence-corrected chi connectivity index (χ2v) is 6.65. The summed E-state index contributed by atoms with van der Waals surface area (Å²) in [6.45, 7) is 13.5. The lowest BCUT2D eigenvalue weighted by Gasteiger charge is -2.24. The van der Waals surface area contributed by atoms with Gasteiger partial charge in [-0.25, -0.2) is 0 Å². The minimum atomic E-state index is -0.720. The third-order valence-electron chi connectivity index (χ3n) is 4.74. The van der Waals surface area contributed by atoms with Crippen LogP contribution in [-0.4, -0.2) is 45.6 Å². The van der Waals surface area contributed by atoms with Gasteiger partial charge in [0.15, 0.2) is 5.96 Å². The van der Waals surface area contributed by atoms with Crippen LogP contribution in [0.5, 0.6) is 0 Å². The van der Waals surface area contributed by atoms with Crippen molar-refractivity contribution in [2.24, 2.45) is 12.0 Å². The first-order valence-corrected chi connectivity index (χ1v) is 9.02. The number of nitrogens with zero attached hydrogens (tertiary/aromatic N) is 3. The molecule has 0 aliphatic carbocycles. The summed E-state index contributed by atoms with van der Waals surface area (Å²) in [4.78, 5) is 4.58.